The van der Waals surface area contributed by atoms with Crippen LogP contribution in [0.4, 0.5) is 0 Å². The van der Waals surface area contributed by atoms with Gasteiger partial charge in [0.1, 0.15) is 16.0 Å². The van der Waals surface area contributed by atoms with Crippen LogP contribution < -0.4 is 5.32 Å². The van der Waals surface area contributed by atoms with E-state index in [1.807, 2.05) is 0 Å². The van der Waals surface area contributed by atoms with E-state index < -0.39 is 16.5 Å². The van der Waals surface area contributed by atoms with E-state index in [0.717, 1.165) is 5.39 Å². The Morgan fingerprint density at radius 1 is 1.37 bits per heavy atom. The number of halogens is 2. The molecule has 6 heteroatoms. The van der Waals surface area contributed by atoms with Crippen molar-refractivity contribution in [1.29, 1.82) is 0 Å². The maximum atomic E-state index is 10.8. The van der Waals surface area contributed by atoms with Crippen molar-refractivity contribution in [3.05, 3.63) is 36.1 Å². The van der Waals surface area contributed by atoms with E-state index in [2.05, 4.69) is 5.32 Å². The maximum absolute atomic E-state index is 10.8. The second kappa shape index (κ2) is 5.69. The summed E-state index contributed by atoms with van der Waals surface area (Å²) in [7, 11) is 1.62. The molecule has 1 aromatic carbocycles. The van der Waals surface area contributed by atoms with Gasteiger partial charge < -0.3 is 19.9 Å². The Morgan fingerprint density at radius 2 is 2.11 bits per heavy atom. The monoisotopic (exact) mass is 303 g/mol. The second-order valence-corrected chi connectivity index (χ2v) is 5.42. The molecule has 0 saturated carbocycles. The first-order valence-corrected chi connectivity index (χ1v) is 6.67. The highest BCUT2D eigenvalue weighted by Gasteiger charge is 2.43. The lowest BCUT2D eigenvalue weighted by Crippen LogP contribution is -2.53. The number of rotatable bonds is 5. The van der Waals surface area contributed by atoms with Crippen LogP contribution in [0.1, 0.15) is 5.56 Å². The van der Waals surface area contributed by atoms with Gasteiger partial charge >= 0.3 is 0 Å². The molecule has 104 valence electrons. The van der Waals surface area contributed by atoms with Gasteiger partial charge in [-0.1, -0.05) is 6.07 Å². The van der Waals surface area contributed by atoms with E-state index >= 15 is 0 Å². The van der Waals surface area contributed by atoms with Crippen LogP contribution in [0.5, 0.6) is 0 Å². The van der Waals surface area contributed by atoms with Crippen LogP contribution in [0.15, 0.2) is 34.9 Å². The number of hydrogen-bond donors (Lipinski definition) is 3. The Balaban J connectivity index is 2.53. The number of benzene rings is 1. The van der Waals surface area contributed by atoms with Crippen LogP contribution in [0.25, 0.3) is 11.0 Å². The van der Waals surface area contributed by atoms with Crippen molar-refractivity contribution in [1.82, 2.24) is 5.32 Å². The molecule has 19 heavy (non-hydrogen) atoms. The van der Waals surface area contributed by atoms with Crippen LogP contribution in [0, 0.1) is 0 Å². The Kier molecular flexibility index (Phi) is 4.38. The molecule has 0 aliphatic carbocycles. The van der Waals surface area contributed by atoms with Crippen molar-refractivity contribution in [2.24, 2.45) is 0 Å². The summed E-state index contributed by atoms with van der Waals surface area (Å²) in [4.78, 5) is -1.10. The molecule has 2 unspecified atom stereocenters. The van der Waals surface area contributed by atoms with Crippen LogP contribution in [-0.4, -0.2) is 34.7 Å². The summed E-state index contributed by atoms with van der Waals surface area (Å²) in [6, 6.07) is 6.26. The lowest BCUT2D eigenvalue weighted by atomic mass is 9.87. The Morgan fingerprint density at radius 3 is 2.68 bits per heavy atom. The number of aliphatic hydroxyl groups is 2. The van der Waals surface area contributed by atoms with Crippen LogP contribution >= 0.6 is 23.2 Å². The highest BCUT2D eigenvalue weighted by Crippen LogP contribution is 2.36. The number of fused-ring (bicyclic) bond motifs is 1. The van der Waals surface area contributed by atoms with E-state index in [-0.39, 0.29) is 6.61 Å². The van der Waals surface area contributed by atoms with E-state index in [1.165, 1.54) is 0 Å². The quantitative estimate of drug-likeness (QED) is 0.739. The lowest BCUT2D eigenvalue weighted by molar-refractivity contribution is -0.00799. The van der Waals surface area contributed by atoms with Crippen molar-refractivity contribution in [2.75, 3.05) is 13.7 Å². The van der Waals surface area contributed by atoms with Crippen LogP contribution in [-0.2, 0) is 5.60 Å². The minimum absolute atomic E-state index is 0.299. The van der Waals surface area contributed by atoms with Crippen molar-refractivity contribution in [2.45, 2.75) is 16.5 Å². The number of hydrogen-bond acceptors (Lipinski definition) is 4. The smallest absolute Gasteiger partial charge is 0.142 e. The first-order chi connectivity index (χ1) is 9.03. The molecule has 2 aromatic rings. The molecule has 0 aliphatic rings. The Bertz CT molecular complexity index is 554. The molecule has 0 fully saturated rings. The van der Waals surface area contributed by atoms with Crippen molar-refractivity contribution in [3.8, 4) is 0 Å². The average Bonchev–Trinajstić information content (AvgIpc) is 2.86. The molecule has 0 bridgehead atoms. The summed E-state index contributed by atoms with van der Waals surface area (Å²) in [5.74, 6) is 0. The van der Waals surface area contributed by atoms with Gasteiger partial charge in [0.15, 0.2) is 0 Å². The van der Waals surface area contributed by atoms with Crippen LogP contribution in [0.2, 0.25) is 0 Å². The van der Waals surface area contributed by atoms with Gasteiger partial charge in [0.05, 0.1) is 18.9 Å². The Hall–Kier alpha value is -0.780. The van der Waals surface area contributed by atoms with Crippen molar-refractivity contribution in [3.63, 3.8) is 0 Å². The topological polar surface area (TPSA) is 65.6 Å². The third-order valence-electron chi connectivity index (χ3n) is 3.31. The first-order valence-electron chi connectivity index (χ1n) is 5.80. The fraction of sp³-hybridized carbons (Fsp3) is 0.385. The third kappa shape index (κ3) is 2.47. The van der Waals surface area contributed by atoms with E-state index in [4.69, 9.17) is 27.6 Å². The van der Waals surface area contributed by atoms with Gasteiger partial charge in [-0.3, -0.25) is 0 Å². The van der Waals surface area contributed by atoms with Gasteiger partial charge in [0.2, 0.25) is 0 Å². The zero-order chi connectivity index (χ0) is 14.0. The SMILES string of the molecule is CNC(CO)C(O)(c1ccc2occc2c1)C(Cl)Cl. The second-order valence-electron chi connectivity index (χ2n) is 4.32. The van der Waals surface area contributed by atoms with Gasteiger partial charge in [0, 0.05) is 5.39 Å². The Labute approximate surface area is 120 Å². The molecule has 3 N–H and O–H groups in total. The van der Waals surface area contributed by atoms with Gasteiger partial charge in [-0.05, 0) is 30.8 Å². The van der Waals surface area contributed by atoms with Gasteiger partial charge in [0.25, 0.3) is 0 Å². The van der Waals surface area contributed by atoms with Crippen molar-refractivity contribution >= 4 is 34.2 Å². The summed E-state index contributed by atoms with van der Waals surface area (Å²) in [5.41, 5.74) is -0.375. The molecule has 2 atom stereocenters. The zero-order valence-corrected chi connectivity index (χ0v) is 11.8. The van der Waals surface area contributed by atoms with E-state index in [9.17, 15) is 10.2 Å². The van der Waals surface area contributed by atoms with Gasteiger partial charge in [-0.2, -0.15) is 0 Å². The molecular weight excluding hydrogens is 289 g/mol. The predicted molar refractivity (Wildman–Crippen MR) is 75.5 cm³/mol. The molecule has 0 saturated heterocycles. The largest absolute Gasteiger partial charge is 0.464 e. The highest BCUT2D eigenvalue weighted by atomic mass is 35.5. The number of nitrogens with one attached hydrogen (secondary N) is 1. The van der Waals surface area contributed by atoms with Crippen LogP contribution in [0.3, 0.4) is 0 Å². The normalized spacial score (nSPS) is 16.7. The molecule has 1 aromatic heterocycles. The predicted octanol–water partition coefficient (Wildman–Crippen LogP) is 2.00. The molecule has 0 amide bonds. The number of aliphatic hydroxyl groups excluding tert-OH is 1. The van der Waals surface area contributed by atoms with Crippen molar-refractivity contribution < 1.29 is 14.6 Å². The molecule has 4 nitrogen and oxygen atoms in total. The summed E-state index contributed by atoms with van der Waals surface area (Å²) in [6.45, 7) is -0.299. The lowest BCUT2D eigenvalue weighted by Gasteiger charge is -2.36. The number of alkyl halides is 2. The molecule has 0 spiro atoms. The average molecular weight is 304 g/mol. The summed E-state index contributed by atoms with van der Waals surface area (Å²) >= 11 is 11.9. The molecular formula is C13H15Cl2NO3. The first kappa shape index (κ1) is 14.6. The molecule has 1 heterocycles. The molecule has 0 aliphatic heterocycles. The fourth-order valence-corrected chi connectivity index (χ4v) is 2.70. The minimum Gasteiger partial charge on any atom is -0.464 e. The maximum Gasteiger partial charge on any atom is 0.142 e. The summed E-state index contributed by atoms with van der Waals surface area (Å²) in [6.07, 6.45) is 1.56. The van der Waals surface area contributed by atoms with E-state index in [1.54, 1.807) is 37.6 Å². The van der Waals surface area contributed by atoms with Gasteiger partial charge in [-0.25, -0.2) is 0 Å². The highest BCUT2D eigenvalue weighted by molar-refractivity contribution is 6.45. The molecule has 2 rings (SSSR count). The zero-order valence-electron chi connectivity index (χ0n) is 10.3. The van der Waals surface area contributed by atoms with E-state index in [0.29, 0.717) is 11.1 Å². The standard InChI is InChI=1S/C13H15Cl2NO3/c1-16-11(7-17)13(18,12(14)15)9-2-3-10-8(6-9)4-5-19-10/h2-6,11-12,16-18H,7H2,1H3. The number of likely N-dealkylation sites (N-methyl/N-ethyl adjacent to an activating group) is 1. The molecule has 0 radical (unpaired) electrons. The fourth-order valence-electron chi connectivity index (χ4n) is 2.15. The third-order valence-corrected chi connectivity index (χ3v) is 3.98. The summed E-state index contributed by atoms with van der Waals surface area (Å²) < 4.78 is 5.25. The van der Waals surface area contributed by atoms with Gasteiger partial charge in [-0.15, -0.1) is 23.2 Å². The summed E-state index contributed by atoms with van der Waals surface area (Å²) in [5, 5.41) is 23.8. The minimum atomic E-state index is -1.60. The number of furan rings is 1.